The second-order valence-electron chi connectivity index (χ2n) is 6.84. The van der Waals surface area contributed by atoms with E-state index < -0.39 is 18.3 Å². The molecule has 0 amide bonds. The molecule has 0 N–H and O–H groups in total. The Morgan fingerprint density at radius 1 is 1.20 bits per heavy atom. The molecule has 5 heteroatoms. The van der Waals surface area contributed by atoms with Gasteiger partial charge in [-0.3, -0.25) is 4.98 Å². The van der Waals surface area contributed by atoms with E-state index in [1.54, 1.807) is 0 Å². The molecule has 20 heavy (non-hydrogen) atoms. The average molecular weight is 277 g/mol. The third kappa shape index (κ3) is 2.17. The van der Waals surface area contributed by atoms with Crippen LogP contribution in [-0.4, -0.2) is 23.3 Å². The summed E-state index contributed by atoms with van der Waals surface area (Å²) in [5, 5.41) is 0. The minimum atomic E-state index is -0.529. The SMILES string of the molecule is CC1(C)OB(c2cc(F)cnc2C2CCC2)OC1(C)C. The third-order valence-electron chi connectivity index (χ3n) is 4.92. The van der Waals surface area contributed by atoms with Crippen molar-refractivity contribution in [1.82, 2.24) is 4.98 Å². The Kier molecular flexibility index (Phi) is 3.18. The highest BCUT2D eigenvalue weighted by Gasteiger charge is 2.52. The molecule has 0 unspecified atom stereocenters. The van der Waals surface area contributed by atoms with Crippen LogP contribution in [0.5, 0.6) is 0 Å². The first-order chi connectivity index (χ1) is 9.30. The number of hydrogen-bond acceptors (Lipinski definition) is 3. The summed E-state index contributed by atoms with van der Waals surface area (Å²) in [5.74, 6) is 0.0856. The van der Waals surface area contributed by atoms with Gasteiger partial charge in [-0.05, 0) is 46.6 Å². The molecule has 1 saturated heterocycles. The number of pyridine rings is 1. The van der Waals surface area contributed by atoms with Crippen LogP contribution < -0.4 is 5.46 Å². The van der Waals surface area contributed by atoms with Crippen molar-refractivity contribution in [3.8, 4) is 0 Å². The number of hydrogen-bond donors (Lipinski definition) is 0. The quantitative estimate of drug-likeness (QED) is 0.779. The summed E-state index contributed by atoms with van der Waals surface area (Å²) in [4.78, 5) is 4.31. The summed E-state index contributed by atoms with van der Waals surface area (Å²) in [6.07, 6.45) is 4.74. The van der Waals surface area contributed by atoms with E-state index in [0.29, 0.717) is 5.92 Å². The van der Waals surface area contributed by atoms with E-state index in [-0.39, 0.29) is 5.82 Å². The van der Waals surface area contributed by atoms with Gasteiger partial charge in [0.25, 0.3) is 0 Å². The predicted molar refractivity (Wildman–Crippen MR) is 76.5 cm³/mol. The van der Waals surface area contributed by atoms with Crippen LogP contribution in [0.1, 0.15) is 58.6 Å². The van der Waals surface area contributed by atoms with E-state index in [0.717, 1.165) is 24.0 Å². The second kappa shape index (κ2) is 4.53. The van der Waals surface area contributed by atoms with Gasteiger partial charge in [-0.15, -0.1) is 0 Å². The number of rotatable bonds is 2. The van der Waals surface area contributed by atoms with Crippen molar-refractivity contribution in [2.24, 2.45) is 0 Å². The van der Waals surface area contributed by atoms with Gasteiger partial charge in [0.15, 0.2) is 0 Å². The van der Waals surface area contributed by atoms with Crippen LogP contribution in [-0.2, 0) is 9.31 Å². The van der Waals surface area contributed by atoms with Crippen LogP contribution in [0.15, 0.2) is 12.3 Å². The Balaban J connectivity index is 1.96. The fourth-order valence-electron chi connectivity index (χ4n) is 2.65. The molecule has 1 aliphatic carbocycles. The molecule has 2 heterocycles. The van der Waals surface area contributed by atoms with Gasteiger partial charge in [0.2, 0.25) is 0 Å². The summed E-state index contributed by atoms with van der Waals surface area (Å²) < 4.78 is 25.7. The van der Waals surface area contributed by atoms with E-state index in [1.165, 1.54) is 18.7 Å². The Bertz CT molecular complexity index is 513. The molecule has 1 aromatic heterocycles. The van der Waals surface area contributed by atoms with Crippen molar-refractivity contribution in [2.75, 3.05) is 0 Å². The lowest BCUT2D eigenvalue weighted by Gasteiger charge is -2.32. The molecule has 2 fully saturated rings. The number of nitrogens with zero attached hydrogens (tertiary/aromatic N) is 1. The van der Waals surface area contributed by atoms with Gasteiger partial charge in [-0.25, -0.2) is 4.39 Å². The maximum atomic E-state index is 13.6. The molecule has 1 aromatic rings. The molecule has 108 valence electrons. The smallest absolute Gasteiger partial charge is 0.399 e. The van der Waals surface area contributed by atoms with Crippen LogP contribution in [0.25, 0.3) is 0 Å². The Labute approximate surface area is 120 Å². The lowest BCUT2D eigenvalue weighted by atomic mass is 9.71. The standard InChI is InChI=1S/C15H21BFNO2/c1-14(2)15(3,4)20-16(19-14)12-8-11(17)9-18-13(12)10-6-5-7-10/h8-10H,5-7H2,1-4H3. The zero-order valence-corrected chi connectivity index (χ0v) is 12.6. The molecule has 0 bridgehead atoms. The van der Waals surface area contributed by atoms with Gasteiger partial charge >= 0.3 is 7.12 Å². The lowest BCUT2D eigenvalue weighted by Crippen LogP contribution is -2.41. The largest absolute Gasteiger partial charge is 0.496 e. The van der Waals surface area contributed by atoms with Crippen molar-refractivity contribution in [1.29, 1.82) is 0 Å². The molecule has 3 rings (SSSR count). The van der Waals surface area contributed by atoms with Gasteiger partial charge in [0, 0.05) is 17.1 Å². The van der Waals surface area contributed by atoms with Gasteiger partial charge in [0.1, 0.15) is 5.82 Å². The Morgan fingerprint density at radius 3 is 2.30 bits per heavy atom. The molecule has 1 aliphatic heterocycles. The molecule has 0 radical (unpaired) electrons. The van der Waals surface area contributed by atoms with Crippen molar-refractivity contribution in [3.05, 3.63) is 23.8 Å². The Hall–Kier alpha value is -0.935. The van der Waals surface area contributed by atoms with Crippen LogP contribution in [0.2, 0.25) is 0 Å². The fraction of sp³-hybridized carbons (Fsp3) is 0.667. The van der Waals surface area contributed by atoms with Gasteiger partial charge in [-0.1, -0.05) is 6.42 Å². The maximum Gasteiger partial charge on any atom is 0.496 e. The first-order valence-corrected chi connectivity index (χ1v) is 7.31. The first kappa shape index (κ1) is 14.0. The normalized spacial score (nSPS) is 24.8. The van der Waals surface area contributed by atoms with Crippen molar-refractivity contribution in [3.63, 3.8) is 0 Å². The lowest BCUT2D eigenvalue weighted by molar-refractivity contribution is 0.00578. The molecule has 2 aliphatic rings. The summed E-state index contributed by atoms with van der Waals surface area (Å²) in [6, 6.07) is 1.52. The second-order valence-corrected chi connectivity index (χ2v) is 6.84. The molecule has 3 nitrogen and oxygen atoms in total. The van der Waals surface area contributed by atoms with Gasteiger partial charge in [-0.2, -0.15) is 0 Å². The molecule has 1 saturated carbocycles. The first-order valence-electron chi connectivity index (χ1n) is 7.31. The van der Waals surface area contributed by atoms with Crippen molar-refractivity contribution < 1.29 is 13.7 Å². The summed E-state index contributed by atoms with van der Waals surface area (Å²) in [5.41, 5.74) is 0.867. The summed E-state index contributed by atoms with van der Waals surface area (Å²) >= 11 is 0. The van der Waals surface area contributed by atoms with E-state index in [9.17, 15) is 4.39 Å². The summed E-state index contributed by atoms with van der Waals surface area (Å²) in [7, 11) is -0.529. The molecule has 0 atom stereocenters. The summed E-state index contributed by atoms with van der Waals surface area (Å²) in [6.45, 7) is 8.01. The zero-order chi connectivity index (χ0) is 14.5. The molecular formula is C15H21BFNO2. The van der Waals surface area contributed by atoms with Crippen LogP contribution in [0.3, 0.4) is 0 Å². The van der Waals surface area contributed by atoms with Crippen LogP contribution >= 0.6 is 0 Å². The van der Waals surface area contributed by atoms with Crippen molar-refractivity contribution >= 4 is 12.6 Å². The fourth-order valence-corrected chi connectivity index (χ4v) is 2.65. The highest BCUT2D eigenvalue weighted by molar-refractivity contribution is 6.62. The van der Waals surface area contributed by atoms with E-state index >= 15 is 0 Å². The molecule has 0 spiro atoms. The topological polar surface area (TPSA) is 31.4 Å². The monoisotopic (exact) mass is 277 g/mol. The van der Waals surface area contributed by atoms with E-state index in [1.807, 2.05) is 27.7 Å². The number of halogens is 1. The maximum absolute atomic E-state index is 13.6. The molecule has 0 aromatic carbocycles. The van der Waals surface area contributed by atoms with E-state index in [2.05, 4.69) is 4.98 Å². The Morgan fingerprint density at radius 2 is 1.80 bits per heavy atom. The predicted octanol–water partition coefficient (Wildman–Crippen LogP) is 2.79. The minimum Gasteiger partial charge on any atom is -0.399 e. The highest BCUT2D eigenvalue weighted by atomic mass is 19.1. The zero-order valence-electron chi connectivity index (χ0n) is 12.6. The van der Waals surface area contributed by atoms with E-state index in [4.69, 9.17) is 9.31 Å². The molecular weight excluding hydrogens is 256 g/mol. The highest BCUT2D eigenvalue weighted by Crippen LogP contribution is 2.39. The number of aromatic nitrogens is 1. The van der Waals surface area contributed by atoms with Gasteiger partial charge in [0.05, 0.1) is 17.4 Å². The average Bonchev–Trinajstić information content (AvgIpc) is 2.48. The van der Waals surface area contributed by atoms with Gasteiger partial charge < -0.3 is 9.31 Å². The van der Waals surface area contributed by atoms with Crippen LogP contribution in [0, 0.1) is 5.82 Å². The van der Waals surface area contributed by atoms with Crippen LogP contribution in [0.4, 0.5) is 4.39 Å². The minimum absolute atomic E-state index is 0.335. The van der Waals surface area contributed by atoms with Crippen molar-refractivity contribution in [2.45, 2.75) is 64.1 Å². The third-order valence-corrected chi connectivity index (χ3v) is 4.92.